The summed E-state index contributed by atoms with van der Waals surface area (Å²) in [7, 11) is 0. The molecule has 1 aliphatic rings. The van der Waals surface area contributed by atoms with E-state index in [4.69, 9.17) is 5.11 Å². The van der Waals surface area contributed by atoms with Crippen molar-refractivity contribution in [2.45, 2.75) is 18.6 Å². The molecule has 21 heavy (non-hydrogen) atoms. The molecule has 0 aromatic heterocycles. The molecule has 5 N–H and O–H groups in total. The van der Waals surface area contributed by atoms with Crippen LogP contribution in [-0.4, -0.2) is 16.4 Å². The molecular weight excluding hydrogens is 273 g/mol. The van der Waals surface area contributed by atoms with Crippen LogP contribution in [0.15, 0.2) is 42.5 Å². The number of halogens is 1. The molecule has 1 aliphatic heterocycles. The van der Waals surface area contributed by atoms with Crippen LogP contribution in [0.3, 0.4) is 0 Å². The quantitative estimate of drug-likeness (QED) is 0.560. The lowest BCUT2D eigenvalue weighted by Gasteiger charge is -2.14. The highest BCUT2D eigenvalue weighted by atomic mass is 19.1. The molecule has 1 fully saturated rings. The van der Waals surface area contributed by atoms with Crippen LogP contribution in [0, 0.1) is 5.82 Å². The summed E-state index contributed by atoms with van der Waals surface area (Å²) in [5.41, 5.74) is 7.90. The maximum atomic E-state index is 13.3. The van der Waals surface area contributed by atoms with Gasteiger partial charge in [-0.1, -0.05) is 12.1 Å². The zero-order chi connectivity index (χ0) is 14.8. The molecular formula is C15H16FN3O2. The highest BCUT2D eigenvalue weighted by Gasteiger charge is 2.24. The molecule has 2 aromatic carbocycles. The van der Waals surface area contributed by atoms with Crippen LogP contribution in [0.2, 0.25) is 0 Å². The molecule has 0 bridgehead atoms. The third-order valence-electron chi connectivity index (χ3n) is 3.49. The van der Waals surface area contributed by atoms with Gasteiger partial charge in [-0.3, -0.25) is 0 Å². The van der Waals surface area contributed by atoms with Crippen LogP contribution >= 0.6 is 0 Å². The molecule has 0 spiro atoms. The van der Waals surface area contributed by atoms with E-state index in [2.05, 4.69) is 16.2 Å². The number of hydrogen-bond donors (Lipinski definition) is 5. The molecule has 0 aliphatic carbocycles. The number of rotatable bonds is 3. The molecule has 0 saturated carbocycles. The summed E-state index contributed by atoms with van der Waals surface area (Å²) >= 11 is 0. The zero-order valence-electron chi connectivity index (χ0n) is 11.2. The summed E-state index contributed by atoms with van der Waals surface area (Å²) in [6, 6.07) is 11.3. The predicted molar refractivity (Wildman–Crippen MR) is 77.2 cm³/mol. The number of nitrogens with one attached hydrogen (secondary N) is 3. The number of hydrazine groups is 1. The maximum Gasteiger partial charge on any atom is 0.166 e. The summed E-state index contributed by atoms with van der Waals surface area (Å²) in [5, 5.41) is 21.6. The number of benzene rings is 2. The van der Waals surface area contributed by atoms with Gasteiger partial charge in [-0.05, 0) is 29.8 Å². The van der Waals surface area contributed by atoms with Crippen molar-refractivity contribution in [1.82, 2.24) is 10.9 Å². The Bertz CT molecular complexity index is 633. The topological polar surface area (TPSA) is 76.5 Å². The summed E-state index contributed by atoms with van der Waals surface area (Å²) in [4.78, 5) is 0. The van der Waals surface area contributed by atoms with Gasteiger partial charge in [-0.2, -0.15) is 0 Å². The van der Waals surface area contributed by atoms with Crippen LogP contribution in [0.25, 0.3) is 0 Å². The van der Waals surface area contributed by atoms with Crippen molar-refractivity contribution in [1.29, 1.82) is 0 Å². The largest absolute Gasteiger partial charge is 0.508 e. The Labute approximate surface area is 121 Å². The number of hydrogen-bond acceptors (Lipinski definition) is 5. The van der Waals surface area contributed by atoms with Gasteiger partial charge in [0.1, 0.15) is 5.75 Å². The Hall–Kier alpha value is -2.31. The lowest BCUT2D eigenvalue weighted by Crippen LogP contribution is -2.35. The number of anilines is 1. The molecule has 5 nitrogen and oxygen atoms in total. The Morgan fingerprint density at radius 3 is 2.52 bits per heavy atom. The highest BCUT2D eigenvalue weighted by Crippen LogP contribution is 2.26. The number of phenols is 2. The van der Waals surface area contributed by atoms with E-state index in [1.54, 1.807) is 18.2 Å². The van der Waals surface area contributed by atoms with Crippen molar-refractivity contribution in [2.24, 2.45) is 0 Å². The smallest absolute Gasteiger partial charge is 0.166 e. The predicted octanol–water partition coefficient (Wildman–Crippen LogP) is 2.21. The van der Waals surface area contributed by atoms with E-state index in [0.717, 1.165) is 12.0 Å². The third kappa shape index (κ3) is 3.07. The normalized spacial score (nSPS) is 21.4. The molecule has 2 aromatic rings. The lowest BCUT2D eigenvalue weighted by atomic mass is 10.0. The summed E-state index contributed by atoms with van der Waals surface area (Å²) < 4.78 is 13.3. The average molecular weight is 289 g/mol. The Balaban J connectivity index is 1.64. The van der Waals surface area contributed by atoms with Gasteiger partial charge in [0, 0.05) is 24.2 Å². The number of phenolic OH excluding ortho intramolecular Hbond substituents is 2. The van der Waals surface area contributed by atoms with Crippen molar-refractivity contribution >= 4 is 5.69 Å². The minimum absolute atomic E-state index is 0.0623. The SMILES string of the molecule is Oc1ccc(C2CC(Nc3ccc(O)c(F)c3)NN2)cc1. The molecule has 1 heterocycles. The molecule has 110 valence electrons. The van der Waals surface area contributed by atoms with Crippen molar-refractivity contribution in [3.8, 4) is 11.5 Å². The van der Waals surface area contributed by atoms with Crippen molar-refractivity contribution in [2.75, 3.05) is 5.32 Å². The van der Waals surface area contributed by atoms with Crippen LogP contribution < -0.4 is 16.2 Å². The fourth-order valence-electron chi connectivity index (χ4n) is 2.37. The summed E-state index contributed by atoms with van der Waals surface area (Å²) in [5.74, 6) is -0.778. The minimum Gasteiger partial charge on any atom is -0.508 e. The van der Waals surface area contributed by atoms with Crippen LogP contribution in [0.5, 0.6) is 11.5 Å². The van der Waals surface area contributed by atoms with Gasteiger partial charge >= 0.3 is 0 Å². The average Bonchev–Trinajstić information content (AvgIpc) is 2.92. The van der Waals surface area contributed by atoms with Gasteiger partial charge in [0.05, 0.1) is 6.17 Å². The standard InChI is InChI=1S/C15H16FN3O2/c16-12-7-10(3-6-14(12)21)17-15-8-13(18-19-15)9-1-4-11(20)5-2-9/h1-7,13,15,17-21H,8H2. The van der Waals surface area contributed by atoms with Crippen molar-refractivity contribution in [3.63, 3.8) is 0 Å². The highest BCUT2D eigenvalue weighted by molar-refractivity contribution is 5.47. The van der Waals surface area contributed by atoms with Gasteiger partial charge in [-0.15, -0.1) is 0 Å². The molecule has 2 atom stereocenters. The van der Waals surface area contributed by atoms with E-state index in [0.29, 0.717) is 5.69 Å². The maximum absolute atomic E-state index is 13.3. The van der Waals surface area contributed by atoms with Crippen LogP contribution in [-0.2, 0) is 0 Å². The summed E-state index contributed by atoms with van der Waals surface area (Å²) in [6.45, 7) is 0. The Morgan fingerprint density at radius 1 is 1.05 bits per heavy atom. The van der Waals surface area contributed by atoms with E-state index in [9.17, 15) is 9.50 Å². The first-order valence-corrected chi connectivity index (χ1v) is 6.67. The molecule has 2 unspecified atom stereocenters. The van der Waals surface area contributed by atoms with Gasteiger partial charge in [0.15, 0.2) is 11.6 Å². The van der Waals surface area contributed by atoms with Crippen molar-refractivity contribution in [3.05, 3.63) is 53.8 Å². The van der Waals surface area contributed by atoms with E-state index in [1.165, 1.54) is 12.1 Å². The fourth-order valence-corrected chi connectivity index (χ4v) is 2.37. The van der Waals surface area contributed by atoms with E-state index in [-0.39, 0.29) is 23.7 Å². The first-order valence-electron chi connectivity index (χ1n) is 6.67. The van der Waals surface area contributed by atoms with Crippen molar-refractivity contribution < 1.29 is 14.6 Å². The molecule has 3 rings (SSSR count). The minimum atomic E-state index is -0.652. The molecule has 0 amide bonds. The fraction of sp³-hybridized carbons (Fsp3) is 0.200. The second-order valence-corrected chi connectivity index (χ2v) is 5.03. The van der Waals surface area contributed by atoms with E-state index >= 15 is 0 Å². The zero-order valence-corrected chi connectivity index (χ0v) is 11.2. The molecule has 1 saturated heterocycles. The third-order valence-corrected chi connectivity index (χ3v) is 3.49. The second-order valence-electron chi connectivity index (χ2n) is 5.03. The van der Waals surface area contributed by atoms with Gasteiger partial charge in [0.25, 0.3) is 0 Å². The summed E-state index contributed by atoms with van der Waals surface area (Å²) in [6.07, 6.45) is 0.695. The first-order chi connectivity index (χ1) is 10.1. The Morgan fingerprint density at radius 2 is 1.81 bits per heavy atom. The lowest BCUT2D eigenvalue weighted by molar-refractivity contribution is 0.432. The second kappa shape index (κ2) is 5.59. The van der Waals surface area contributed by atoms with Gasteiger partial charge in [-0.25, -0.2) is 15.2 Å². The van der Waals surface area contributed by atoms with E-state index in [1.807, 2.05) is 12.1 Å². The van der Waals surface area contributed by atoms with Gasteiger partial charge in [0.2, 0.25) is 0 Å². The molecule has 0 radical (unpaired) electrons. The van der Waals surface area contributed by atoms with Crippen LogP contribution in [0.1, 0.15) is 18.0 Å². The van der Waals surface area contributed by atoms with Crippen LogP contribution in [0.4, 0.5) is 10.1 Å². The monoisotopic (exact) mass is 289 g/mol. The first kappa shape index (κ1) is 13.7. The Kier molecular flexibility index (Phi) is 3.64. The van der Waals surface area contributed by atoms with Gasteiger partial charge < -0.3 is 15.5 Å². The molecule has 6 heteroatoms. The number of aromatic hydroxyl groups is 2. The van der Waals surface area contributed by atoms with E-state index < -0.39 is 5.82 Å².